The fourth-order valence-corrected chi connectivity index (χ4v) is 9.75. The molecular weight excluding hydrogens is 648 g/mol. The number of ether oxygens (including phenoxy) is 5. The molecule has 2 saturated carbocycles. The first-order chi connectivity index (χ1) is 24.8. The lowest BCUT2D eigenvalue weighted by Gasteiger charge is -2.48. The van der Waals surface area contributed by atoms with E-state index in [2.05, 4.69) is 29.7 Å². The van der Waals surface area contributed by atoms with Gasteiger partial charge in [0.2, 0.25) is 5.75 Å². The number of benzene rings is 3. The first kappa shape index (κ1) is 32.8. The van der Waals surface area contributed by atoms with Gasteiger partial charge < -0.3 is 44.3 Å². The van der Waals surface area contributed by atoms with E-state index in [1.807, 2.05) is 18.2 Å². The second-order valence-corrected chi connectivity index (χ2v) is 15.2. The van der Waals surface area contributed by atoms with Crippen LogP contribution in [0.5, 0.6) is 34.5 Å². The maximum atomic E-state index is 12.3. The van der Waals surface area contributed by atoms with Crippen molar-refractivity contribution in [3.8, 4) is 45.6 Å². The van der Waals surface area contributed by atoms with Gasteiger partial charge in [-0.25, -0.2) is 0 Å². The summed E-state index contributed by atoms with van der Waals surface area (Å²) in [5.74, 6) is 2.36. The van der Waals surface area contributed by atoms with Gasteiger partial charge in [0.05, 0.1) is 38.6 Å². The van der Waals surface area contributed by atoms with Gasteiger partial charge in [0.1, 0.15) is 17.2 Å². The van der Waals surface area contributed by atoms with Gasteiger partial charge in [-0.1, -0.05) is 18.6 Å². The number of fused-ring (bicyclic) bond motifs is 3. The number of phenols is 1. The van der Waals surface area contributed by atoms with Crippen LogP contribution in [0, 0.1) is 5.92 Å². The van der Waals surface area contributed by atoms with E-state index in [-0.39, 0.29) is 30.4 Å². The summed E-state index contributed by atoms with van der Waals surface area (Å²) in [7, 11) is 3.21. The molecule has 0 amide bonds. The molecule has 6 atom stereocenters. The zero-order chi connectivity index (χ0) is 35.0. The molecule has 0 spiro atoms. The summed E-state index contributed by atoms with van der Waals surface area (Å²) in [6.45, 7) is 2.37. The number of rotatable bonds is 7. The lowest BCUT2D eigenvalue weighted by atomic mass is 9.74. The van der Waals surface area contributed by atoms with Crippen LogP contribution in [0.15, 0.2) is 36.4 Å². The van der Waals surface area contributed by atoms with Crippen molar-refractivity contribution in [2.75, 3.05) is 26.1 Å². The third-order valence-corrected chi connectivity index (χ3v) is 12.2. The van der Waals surface area contributed by atoms with E-state index >= 15 is 0 Å². The molecule has 3 heterocycles. The fourth-order valence-electron chi connectivity index (χ4n) is 9.75. The zero-order valence-electron chi connectivity index (χ0n) is 29.6. The number of hydrogen-bond acceptors (Lipinski definition) is 10. The SMILES string of the molecule is COc1cc([C@@H]2COc3cc4c5c(c3[C@H]2O)CCc2c(OC)cc(O[C@@]36CCCC[C@H]3C=C[C@H](C)N6)c(c2-5)[C@H](O)N4)cc(OC2CCCC2)c1O. The number of aromatic hydroxyl groups is 1. The minimum atomic E-state index is -1.02. The molecule has 10 heteroatoms. The molecule has 51 heavy (non-hydrogen) atoms. The summed E-state index contributed by atoms with van der Waals surface area (Å²) < 4.78 is 31.4. The molecule has 0 saturated heterocycles. The molecule has 2 fully saturated rings. The summed E-state index contributed by atoms with van der Waals surface area (Å²) in [5.41, 5.74) is 6.25. The number of methoxy groups -OCH3 is 2. The third kappa shape index (κ3) is 5.24. The minimum Gasteiger partial charge on any atom is -0.502 e. The quantitative estimate of drug-likeness (QED) is 0.166. The molecule has 3 aromatic rings. The molecular formula is C41H48N2O8. The third-order valence-electron chi connectivity index (χ3n) is 12.2. The van der Waals surface area contributed by atoms with Crippen LogP contribution in [-0.4, -0.2) is 54.0 Å². The Morgan fingerprint density at radius 1 is 0.824 bits per heavy atom. The number of aliphatic hydroxyl groups is 2. The van der Waals surface area contributed by atoms with Gasteiger partial charge >= 0.3 is 0 Å². The summed E-state index contributed by atoms with van der Waals surface area (Å²) in [5, 5.41) is 42.2. The van der Waals surface area contributed by atoms with Crippen molar-refractivity contribution in [2.24, 2.45) is 5.92 Å². The minimum absolute atomic E-state index is 0.0299. The highest BCUT2D eigenvalue weighted by atomic mass is 16.5. The Hall–Kier alpha value is -4.12. The monoisotopic (exact) mass is 696 g/mol. The average Bonchev–Trinajstić information content (AvgIpc) is 3.64. The van der Waals surface area contributed by atoms with Crippen LogP contribution >= 0.6 is 0 Å². The van der Waals surface area contributed by atoms with Crippen molar-refractivity contribution in [3.05, 3.63) is 64.2 Å². The van der Waals surface area contributed by atoms with Crippen LogP contribution in [-0.2, 0) is 12.8 Å². The Kier molecular flexibility index (Phi) is 8.05. The molecule has 270 valence electrons. The van der Waals surface area contributed by atoms with Crippen molar-refractivity contribution < 1.29 is 39.0 Å². The first-order valence-electron chi connectivity index (χ1n) is 18.7. The van der Waals surface area contributed by atoms with Gasteiger partial charge in [-0.15, -0.1) is 0 Å². The van der Waals surface area contributed by atoms with Gasteiger partial charge in [-0.05, 0) is 81.5 Å². The van der Waals surface area contributed by atoms with Gasteiger partial charge in [-0.3, -0.25) is 5.32 Å². The van der Waals surface area contributed by atoms with Crippen molar-refractivity contribution >= 4 is 5.69 Å². The van der Waals surface area contributed by atoms with E-state index in [1.165, 1.54) is 7.11 Å². The summed E-state index contributed by atoms with van der Waals surface area (Å²) in [6, 6.07) is 7.62. The predicted molar refractivity (Wildman–Crippen MR) is 192 cm³/mol. The van der Waals surface area contributed by atoms with Gasteiger partial charge in [-0.2, -0.15) is 0 Å². The van der Waals surface area contributed by atoms with Crippen LogP contribution in [0.4, 0.5) is 5.69 Å². The molecule has 0 aromatic heterocycles. The van der Waals surface area contributed by atoms with E-state index in [9.17, 15) is 15.3 Å². The highest BCUT2D eigenvalue weighted by molar-refractivity contribution is 5.93. The Morgan fingerprint density at radius 2 is 1.59 bits per heavy atom. The normalized spacial score (nSPS) is 28.8. The Labute approximate surface area is 298 Å². The second kappa shape index (κ2) is 12.5. The van der Waals surface area contributed by atoms with Crippen molar-refractivity contribution in [1.82, 2.24) is 5.32 Å². The maximum absolute atomic E-state index is 12.3. The Bertz CT molecular complexity index is 1900. The van der Waals surface area contributed by atoms with Crippen molar-refractivity contribution in [1.29, 1.82) is 0 Å². The fraction of sp³-hybridized carbons (Fsp3) is 0.512. The lowest BCUT2D eigenvalue weighted by Crippen LogP contribution is -2.61. The largest absolute Gasteiger partial charge is 0.502 e. The Balaban J connectivity index is 1.14. The molecule has 0 bridgehead atoms. The molecule has 3 aromatic carbocycles. The maximum Gasteiger partial charge on any atom is 0.200 e. The smallest absolute Gasteiger partial charge is 0.200 e. The molecule has 0 unspecified atom stereocenters. The van der Waals surface area contributed by atoms with Gasteiger partial charge in [0.25, 0.3) is 0 Å². The van der Waals surface area contributed by atoms with Gasteiger partial charge in [0, 0.05) is 64.4 Å². The molecule has 10 nitrogen and oxygen atoms in total. The van der Waals surface area contributed by atoms with E-state index in [4.69, 9.17) is 23.7 Å². The molecule has 9 rings (SSSR count). The van der Waals surface area contributed by atoms with E-state index < -0.39 is 24.0 Å². The summed E-state index contributed by atoms with van der Waals surface area (Å²) >= 11 is 0. The lowest BCUT2D eigenvalue weighted by molar-refractivity contribution is -0.0467. The first-order valence-corrected chi connectivity index (χ1v) is 18.7. The highest BCUT2D eigenvalue weighted by Gasteiger charge is 2.47. The molecule has 6 aliphatic rings. The zero-order valence-corrected chi connectivity index (χ0v) is 29.6. The number of hydrogen-bond donors (Lipinski definition) is 5. The molecule has 0 radical (unpaired) electrons. The number of nitrogens with one attached hydrogen (secondary N) is 2. The standard InChI is InChI=1S/C41H48N2O8/c1-21-11-12-23-8-6-7-15-41(23,43-21)51-31-19-29(47-2)25-13-14-26-34-28(42-40(46)37(31)36(25)34)18-30-35(26)38(44)27(20-49-30)22-16-32(48-3)39(45)33(17-22)50-24-9-4-5-10-24/h11-12,16-19,21,23-24,27,38,40,42-46H,4-10,13-15,20H2,1-3H3/t21-,23-,27-,38-,40-,41-/m0/s1. The highest BCUT2D eigenvalue weighted by Crippen LogP contribution is 2.58. The van der Waals surface area contributed by atoms with Crippen LogP contribution < -0.4 is 34.3 Å². The summed E-state index contributed by atoms with van der Waals surface area (Å²) in [6.07, 6.45) is 12.2. The predicted octanol–water partition coefficient (Wildman–Crippen LogP) is 6.94. The van der Waals surface area contributed by atoms with Crippen LogP contribution in [0.3, 0.4) is 0 Å². The van der Waals surface area contributed by atoms with Crippen LogP contribution in [0.25, 0.3) is 11.1 Å². The van der Waals surface area contributed by atoms with Crippen molar-refractivity contribution in [3.63, 3.8) is 0 Å². The average molecular weight is 697 g/mol. The van der Waals surface area contributed by atoms with Gasteiger partial charge in [0.15, 0.2) is 23.5 Å². The van der Waals surface area contributed by atoms with E-state index in [0.717, 1.165) is 96.2 Å². The number of phenolic OH excluding ortho intramolecular Hbond substituents is 1. The van der Waals surface area contributed by atoms with E-state index in [0.29, 0.717) is 41.4 Å². The molecule has 3 aliphatic carbocycles. The number of anilines is 1. The molecule has 5 N–H and O–H groups in total. The van der Waals surface area contributed by atoms with Crippen LogP contribution in [0.2, 0.25) is 0 Å². The topological polar surface area (TPSA) is 131 Å². The van der Waals surface area contributed by atoms with Crippen molar-refractivity contribution in [2.45, 2.75) is 107 Å². The summed E-state index contributed by atoms with van der Waals surface area (Å²) in [4.78, 5) is 0. The van der Waals surface area contributed by atoms with Crippen LogP contribution in [0.1, 0.15) is 104 Å². The Morgan fingerprint density at radius 3 is 2.39 bits per heavy atom. The molecule has 3 aliphatic heterocycles. The second-order valence-electron chi connectivity index (χ2n) is 15.2. The van der Waals surface area contributed by atoms with E-state index in [1.54, 1.807) is 13.2 Å². The number of aliphatic hydroxyl groups excluding tert-OH is 2.